The van der Waals surface area contributed by atoms with Crippen LogP contribution in [0.15, 0.2) is 35.2 Å². The largest absolute Gasteiger partial charge is 0.481 e. The van der Waals surface area contributed by atoms with Gasteiger partial charge in [-0.3, -0.25) is 9.59 Å². The van der Waals surface area contributed by atoms with E-state index in [0.717, 1.165) is 4.90 Å². The maximum Gasteiger partial charge on any atom is 0.303 e. The third-order valence-corrected chi connectivity index (χ3v) is 2.10. The van der Waals surface area contributed by atoms with Gasteiger partial charge in [0.1, 0.15) is 0 Å². The highest BCUT2D eigenvalue weighted by atomic mass is 32.2. The predicted molar refractivity (Wildman–Crippen MR) is 60.9 cm³/mol. The molecule has 1 aromatic carbocycles. The van der Waals surface area contributed by atoms with Crippen molar-refractivity contribution in [2.45, 2.75) is 25.2 Å². The minimum Gasteiger partial charge on any atom is -0.481 e. The first-order valence-electron chi connectivity index (χ1n) is 4.51. The Kier molecular flexibility index (Phi) is 7.36. The first kappa shape index (κ1) is 13.7. The summed E-state index contributed by atoms with van der Waals surface area (Å²) >= 11 is 1.26. The molecule has 3 nitrogen and oxygen atoms in total. The molecule has 82 valence electrons. The maximum atomic E-state index is 10.6. The highest BCUT2D eigenvalue weighted by Gasteiger charge is 1.94. The molecular formula is C11H14O3S. The summed E-state index contributed by atoms with van der Waals surface area (Å²) in [6, 6.07) is 9.62. The van der Waals surface area contributed by atoms with Gasteiger partial charge in [0.25, 0.3) is 0 Å². The zero-order chi connectivity index (χ0) is 11.7. The standard InChI is InChI=1S/C8H8OS.C3H6O2/c1-7(9)10-8-5-3-2-4-6-8;1-2-3(4)5/h2-6H,1H3;2H2,1H3,(H,4,5). The van der Waals surface area contributed by atoms with Gasteiger partial charge in [-0.05, 0) is 12.1 Å². The van der Waals surface area contributed by atoms with Gasteiger partial charge in [0, 0.05) is 18.2 Å². The third kappa shape index (κ3) is 9.02. The lowest BCUT2D eigenvalue weighted by molar-refractivity contribution is -0.136. The minimum absolute atomic E-state index is 0.131. The lowest BCUT2D eigenvalue weighted by atomic mass is 10.4. The Balaban J connectivity index is 0.000000336. The molecule has 0 heterocycles. The Bertz CT molecular complexity index is 309. The van der Waals surface area contributed by atoms with Crippen molar-refractivity contribution in [3.05, 3.63) is 30.3 Å². The van der Waals surface area contributed by atoms with Crippen molar-refractivity contribution in [1.82, 2.24) is 0 Å². The van der Waals surface area contributed by atoms with Crippen molar-refractivity contribution in [3.63, 3.8) is 0 Å². The number of carbonyl (C=O) groups excluding carboxylic acids is 1. The quantitative estimate of drug-likeness (QED) is 0.788. The molecule has 0 radical (unpaired) electrons. The number of benzene rings is 1. The Labute approximate surface area is 93.5 Å². The van der Waals surface area contributed by atoms with Gasteiger partial charge in [-0.25, -0.2) is 0 Å². The van der Waals surface area contributed by atoms with Gasteiger partial charge in [-0.1, -0.05) is 36.9 Å². The van der Waals surface area contributed by atoms with Crippen molar-refractivity contribution in [2.24, 2.45) is 0 Å². The van der Waals surface area contributed by atoms with Crippen molar-refractivity contribution >= 4 is 22.8 Å². The molecule has 0 aliphatic carbocycles. The molecule has 0 aliphatic rings. The summed E-state index contributed by atoms with van der Waals surface area (Å²) in [5.74, 6) is -0.745. The Morgan fingerprint density at radius 1 is 1.27 bits per heavy atom. The topological polar surface area (TPSA) is 54.4 Å². The van der Waals surface area contributed by atoms with Crippen LogP contribution in [0.3, 0.4) is 0 Å². The summed E-state index contributed by atoms with van der Waals surface area (Å²) in [5.41, 5.74) is 0. The smallest absolute Gasteiger partial charge is 0.303 e. The first-order chi connectivity index (χ1) is 7.06. The van der Waals surface area contributed by atoms with Crippen molar-refractivity contribution in [2.75, 3.05) is 0 Å². The lowest BCUT2D eigenvalue weighted by Gasteiger charge is -1.92. The van der Waals surface area contributed by atoms with Crippen molar-refractivity contribution in [3.8, 4) is 0 Å². The monoisotopic (exact) mass is 226 g/mol. The maximum absolute atomic E-state index is 10.6. The number of carboxylic acids is 1. The number of rotatable bonds is 2. The SMILES string of the molecule is CC(=O)Sc1ccccc1.CCC(=O)O. The summed E-state index contributed by atoms with van der Waals surface area (Å²) in [7, 11) is 0. The van der Waals surface area contributed by atoms with E-state index in [1.165, 1.54) is 11.8 Å². The molecule has 0 unspecified atom stereocenters. The number of hydrogen-bond acceptors (Lipinski definition) is 3. The van der Waals surface area contributed by atoms with Crippen LogP contribution < -0.4 is 0 Å². The molecule has 4 heteroatoms. The number of thioether (sulfide) groups is 1. The van der Waals surface area contributed by atoms with Gasteiger partial charge in [-0.2, -0.15) is 0 Å². The molecule has 1 N–H and O–H groups in total. The molecule has 0 bridgehead atoms. The van der Waals surface area contributed by atoms with E-state index >= 15 is 0 Å². The summed E-state index contributed by atoms with van der Waals surface area (Å²) < 4.78 is 0. The third-order valence-electron chi connectivity index (χ3n) is 1.31. The van der Waals surface area contributed by atoms with Crippen LogP contribution in [-0.2, 0) is 9.59 Å². The van der Waals surface area contributed by atoms with Crippen LogP contribution in [0.4, 0.5) is 0 Å². The molecular weight excluding hydrogens is 212 g/mol. The van der Waals surface area contributed by atoms with Gasteiger partial charge in [0.15, 0.2) is 5.12 Å². The highest BCUT2D eigenvalue weighted by Crippen LogP contribution is 2.16. The normalized spacial score (nSPS) is 8.67. The van der Waals surface area contributed by atoms with E-state index in [2.05, 4.69) is 0 Å². The van der Waals surface area contributed by atoms with Gasteiger partial charge in [-0.15, -0.1) is 0 Å². The molecule has 0 saturated heterocycles. The second-order valence-electron chi connectivity index (χ2n) is 2.65. The molecule has 0 atom stereocenters. The lowest BCUT2D eigenvalue weighted by Crippen LogP contribution is -1.86. The minimum atomic E-state index is -0.745. The van der Waals surface area contributed by atoms with E-state index in [9.17, 15) is 9.59 Å². The Morgan fingerprint density at radius 3 is 2.07 bits per heavy atom. The van der Waals surface area contributed by atoms with Crippen LogP contribution in [0.2, 0.25) is 0 Å². The van der Waals surface area contributed by atoms with Crippen LogP contribution in [0.1, 0.15) is 20.3 Å². The fourth-order valence-electron chi connectivity index (χ4n) is 0.655. The van der Waals surface area contributed by atoms with Gasteiger partial charge in [0.05, 0.1) is 0 Å². The zero-order valence-corrected chi connectivity index (χ0v) is 9.58. The highest BCUT2D eigenvalue weighted by molar-refractivity contribution is 8.13. The molecule has 0 aliphatic heterocycles. The predicted octanol–water partition coefficient (Wildman–Crippen LogP) is 2.81. The molecule has 0 fully saturated rings. The van der Waals surface area contributed by atoms with E-state index in [4.69, 9.17) is 5.11 Å². The van der Waals surface area contributed by atoms with Crippen LogP contribution in [-0.4, -0.2) is 16.2 Å². The molecule has 0 saturated carbocycles. The number of carbonyl (C=O) groups is 2. The summed E-state index contributed by atoms with van der Waals surface area (Å²) in [6.45, 7) is 3.17. The second kappa shape index (κ2) is 8.05. The second-order valence-corrected chi connectivity index (χ2v) is 3.90. The van der Waals surface area contributed by atoms with Gasteiger partial charge in [0.2, 0.25) is 0 Å². The summed E-state index contributed by atoms with van der Waals surface area (Å²) in [4.78, 5) is 21.0. The average Bonchev–Trinajstić information content (AvgIpc) is 2.19. The molecule has 1 aromatic rings. The fraction of sp³-hybridized carbons (Fsp3) is 0.273. The average molecular weight is 226 g/mol. The van der Waals surface area contributed by atoms with E-state index < -0.39 is 5.97 Å². The van der Waals surface area contributed by atoms with Crippen LogP contribution >= 0.6 is 11.8 Å². The zero-order valence-electron chi connectivity index (χ0n) is 8.77. The molecule has 0 spiro atoms. The fourth-order valence-corrected chi connectivity index (χ4v) is 1.28. The number of hydrogen-bond donors (Lipinski definition) is 1. The van der Waals surface area contributed by atoms with E-state index in [1.807, 2.05) is 30.3 Å². The molecule has 1 rings (SSSR count). The number of aliphatic carboxylic acids is 1. The van der Waals surface area contributed by atoms with Crippen molar-refractivity contribution < 1.29 is 14.7 Å². The van der Waals surface area contributed by atoms with Crippen molar-refractivity contribution in [1.29, 1.82) is 0 Å². The van der Waals surface area contributed by atoms with Gasteiger partial charge >= 0.3 is 5.97 Å². The number of carboxylic acid groups (broad SMARTS) is 1. The van der Waals surface area contributed by atoms with E-state index in [0.29, 0.717) is 0 Å². The Hall–Kier alpha value is -1.29. The van der Waals surface area contributed by atoms with Crippen LogP contribution in [0.5, 0.6) is 0 Å². The van der Waals surface area contributed by atoms with E-state index in [1.54, 1.807) is 13.8 Å². The molecule has 0 aromatic heterocycles. The molecule has 0 amide bonds. The summed E-state index contributed by atoms with van der Waals surface area (Å²) in [6.07, 6.45) is 0.222. The van der Waals surface area contributed by atoms with Gasteiger partial charge < -0.3 is 5.11 Å². The Morgan fingerprint density at radius 2 is 1.73 bits per heavy atom. The first-order valence-corrected chi connectivity index (χ1v) is 5.33. The van der Waals surface area contributed by atoms with E-state index in [-0.39, 0.29) is 11.5 Å². The summed E-state index contributed by atoms with van der Waals surface area (Å²) in [5, 5.41) is 7.85. The van der Waals surface area contributed by atoms with Crippen LogP contribution in [0.25, 0.3) is 0 Å². The van der Waals surface area contributed by atoms with Crippen LogP contribution in [0, 0.1) is 0 Å². The molecule has 15 heavy (non-hydrogen) atoms.